The summed E-state index contributed by atoms with van der Waals surface area (Å²) < 4.78 is 33.2. The predicted molar refractivity (Wildman–Crippen MR) is 108 cm³/mol. The van der Waals surface area contributed by atoms with Gasteiger partial charge < -0.3 is 9.64 Å². The highest BCUT2D eigenvalue weighted by atomic mass is 79.9. The van der Waals surface area contributed by atoms with Gasteiger partial charge in [0.1, 0.15) is 4.90 Å². The molecule has 1 fully saturated rings. The van der Waals surface area contributed by atoms with Crippen molar-refractivity contribution in [3.05, 3.63) is 58.1 Å². The number of hydrogen-bond acceptors (Lipinski definition) is 5. The zero-order valence-corrected chi connectivity index (χ0v) is 17.5. The second-order valence-corrected chi connectivity index (χ2v) is 8.88. The van der Waals surface area contributed by atoms with Gasteiger partial charge in [0.2, 0.25) is 0 Å². The smallest absolute Gasteiger partial charge is 0.339 e. The lowest BCUT2D eigenvalue weighted by Crippen LogP contribution is -2.27. The minimum absolute atomic E-state index is 0.0622. The molecule has 1 amide bonds. The Morgan fingerprint density at radius 3 is 2.32 bits per heavy atom. The van der Waals surface area contributed by atoms with Gasteiger partial charge in [-0.3, -0.25) is 9.52 Å². The minimum Gasteiger partial charge on any atom is -0.465 e. The fourth-order valence-corrected chi connectivity index (χ4v) is 4.60. The molecule has 0 aliphatic carbocycles. The molecule has 1 heterocycles. The molecule has 1 N–H and O–H groups in total. The van der Waals surface area contributed by atoms with Crippen LogP contribution in [0.15, 0.2) is 51.8 Å². The lowest BCUT2D eigenvalue weighted by Gasteiger charge is -2.16. The van der Waals surface area contributed by atoms with Gasteiger partial charge in [-0.1, -0.05) is 15.9 Å². The molecule has 0 saturated carbocycles. The molecule has 28 heavy (non-hydrogen) atoms. The Balaban J connectivity index is 1.83. The van der Waals surface area contributed by atoms with Crippen LogP contribution in [-0.2, 0) is 14.8 Å². The molecule has 0 bridgehead atoms. The molecule has 0 unspecified atom stereocenters. The quantitative estimate of drug-likeness (QED) is 0.682. The van der Waals surface area contributed by atoms with Crippen molar-refractivity contribution >= 4 is 43.5 Å². The molecular formula is C19H19BrN2O5S. The van der Waals surface area contributed by atoms with Gasteiger partial charge in [-0.15, -0.1) is 0 Å². The number of likely N-dealkylation sites (tertiary alicyclic amines) is 1. The van der Waals surface area contributed by atoms with E-state index in [2.05, 4.69) is 25.4 Å². The van der Waals surface area contributed by atoms with Crippen LogP contribution in [0.25, 0.3) is 0 Å². The van der Waals surface area contributed by atoms with E-state index < -0.39 is 16.0 Å². The number of ether oxygens (including phenoxy) is 1. The Bertz CT molecular complexity index is 999. The van der Waals surface area contributed by atoms with Gasteiger partial charge in [-0.2, -0.15) is 0 Å². The Morgan fingerprint density at radius 2 is 1.71 bits per heavy atom. The number of benzene rings is 2. The number of halogens is 1. The van der Waals surface area contributed by atoms with Gasteiger partial charge in [0.15, 0.2) is 0 Å². The Hall–Kier alpha value is -2.39. The number of esters is 1. The third-order valence-electron chi connectivity index (χ3n) is 4.41. The van der Waals surface area contributed by atoms with Crippen molar-refractivity contribution in [3.8, 4) is 0 Å². The van der Waals surface area contributed by atoms with Crippen molar-refractivity contribution in [2.24, 2.45) is 0 Å². The summed E-state index contributed by atoms with van der Waals surface area (Å²) in [5.41, 5.74) is 0.714. The summed E-state index contributed by atoms with van der Waals surface area (Å²) in [6, 6.07) is 10.5. The number of nitrogens with zero attached hydrogens (tertiary/aromatic N) is 1. The van der Waals surface area contributed by atoms with Crippen LogP contribution < -0.4 is 4.72 Å². The molecule has 0 radical (unpaired) electrons. The van der Waals surface area contributed by atoms with Crippen LogP contribution in [-0.4, -0.2) is 45.4 Å². The number of amides is 1. The van der Waals surface area contributed by atoms with Gasteiger partial charge >= 0.3 is 5.97 Å². The van der Waals surface area contributed by atoms with Crippen LogP contribution in [0.3, 0.4) is 0 Å². The number of hydrogen-bond donors (Lipinski definition) is 1. The zero-order valence-electron chi connectivity index (χ0n) is 15.1. The Morgan fingerprint density at radius 1 is 1.07 bits per heavy atom. The highest BCUT2D eigenvalue weighted by molar-refractivity contribution is 9.10. The molecule has 1 aliphatic rings. The molecule has 2 aromatic rings. The first-order chi connectivity index (χ1) is 13.3. The van der Waals surface area contributed by atoms with E-state index in [9.17, 15) is 18.0 Å². The number of methoxy groups -OCH3 is 1. The standard InChI is InChI=1S/C19H19BrN2O5S/c1-27-19(24)16-12-14(20)6-9-17(16)28(25,26)21-15-7-4-13(5-8-15)18(23)22-10-2-3-11-22/h4-9,12,21H,2-3,10-11H2,1H3. The maximum atomic E-state index is 12.8. The number of rotatable bonds is 5. The van der Waals surface area contributed by atoms with Gasteiger partial charge in [0.25, 0.3) is 15.9 Å². The molecule has 7 nitrogen and oxygen atoms in total. The average molecular weight is 467 g/mol. The van der Waals surface area contributed by atoms with Gasteiger partial charge in [0.05, 0.1) is 12.7 Å². The first-order valence-corrected chi connectivity index (χ1v) is 10.9. The molecular weight excluding hydrogens is 448 g/mol. The van der Waals surface area contributed by atoms with E-state index in [0.29, 0.717) is 10.0 Å². The molecule has 3 rings (SSSR count). The van der Waals surface area contributed by atoms with Gasteiger partial charge in [-0.05, 0) is 55.3 Å². The van der Waals surface area contributed by atoms with E-state index in [0.717, 1.165) is 25.9 Å². The molecule has 0 aromatic heterocycles. The Kier molecular flexibility index (Phi) is 6.04. The predicted octanol–water partition coefficient (Wildman–Crippen LogP) is 3.27. The third kappa shape index (κ3) is 4.36. The van der Waals surface area contributed by atoms with Crippen molar-refractivity contribution < 1.29 is 22.7 Å². The van der Waals surface area contributed by atoms with E-state index in [1.165, 1.54) is 37.4 Å². The van der Waals surface area contributed by atoms with E-state index in [1.54, 1.807) is 17.0 Å². The summed E-state index contributed by atoms with van der Waals surface area (Å²) >= 11 is 3.22. The van der Waals surface area contributed by atoms with E-state index in [-0.39, 0.29) is 22.1 Å². The van der Waals surface area contributed by atoms with Crippen LogP contribution in [0.5, 0.6) is 0 Å². The normalized spacial score (nSPS) is 14.0. The summed E-state index contributed by atoms with van der Waals surface area (Å²) in [4.78, 5) is 25.9. The fraction of sp³-hybridized carbons (Fsp3) is 0.263. The van der Waals surface area contributed by atoms with Crippen molar-refractivity contribution in [1.29, 1.82) is 0 Å². The number of carbonyl (C=O) groups is 2. The van der Waals surface area contributed by atoms with E-state index in [1.807, 2.05) is 0 Å². The molecule has 0 spiro atoms. The van der Waals surface area contributed by atoms with Gasteiger partial charge in [0, 0.05) is 28.8 Å². The second kappa shape index (κ2) is 8.32. The summed E-state index contributed by atoms with van der Waals surface area (Å²) in [6.45, 7) is 1.49. The van der Waals surface area contributed by atoms with Crippen LogP contribution in [0, 0.1) is 0 Å². The summed E-state index contributed by atoms with van der Waals surface area (Å²) in [7, 11) is -2.85. The molecule has 1 saturated heterocycles. The van der Waals surface area contributed by atoms with Crippen LogP contribution >= 0.6 is 15.9 Å². The monoisotopic (exact) mass is 466 g/mol. The minimum atomic E-state index is -4.03. The number of nitrogens with one attached hydrogen (secondary N) is 1. The van der Waals surface area contributed by atoms with E-state index >= 15 is 0 Å². The summed E-state index contributed by atoms with van der Waals surface area (Å²) in [6.07, 6.45) is 2.00. The second-order valence-electron chi connectivity index (χ2n) is 6.31. The first-order valence-electron chi connectivity index (χ1n) is 8.62. The molecule has 148 valence electrons. The lowest BCUT2D eigenvalue weighted by molar-refractivity contribution is 0.0596. The maximum Gasteiger partial charge on any atom is 0.339 e. The first kappa shape index (κ1) is 20.3. The van der Waals surface area contributed by atoms with Crippen molar-refractivity contribution in [2.45, 2.75) is 17.7 Å². The summed E-state index contributed by atoms with van der Waals surface area (Å²) in [5.74, 6) is -0.818. The van der Waals surface area contributed by atoms with Crippen LogP contribution in [0.4, 0.5) is 5.69 Å². The van der Waals surface area contributed by atoms with Crippen molar-refractivity contribution in [2.75, 3.05) is 24.9 Å². The highest BCUT2D eigenvalue weighted by Gasteiger charge is 2.24. The average Bonchev–Trinajstić information content (AvgIpc) is 3.21. The van der Waals surface area contributed by atoms with Crippen molar-refractivity contribution in [3.63, 3.8) is 0 Å². The third-order valence-corrected chi connectivity index (χ3v) is 6.35. The number of carbonyl (C=O) groups excluding carboxylic acids is 2. The van der Waals surface area contributed by atoms with Crippen LogP contribution in [0.2, 0.25) is 0 Å². The largest absolute Gasteiger partial charge is 0.465 e. The van der Waals surface area contributed by atoms with Crippen LogP contribution in [0.1, 0.15) is 33.6 Å². The van der Waals surface area contributed by atoms with E-state index in [4.69, 9.17) is 0 Å². The molecule has 2 aromatic carbocycles. The fourth-order valence-electron chi connectivity index (χ4n) is 3.00. The molecule has 0 atom stereocenters. The lowest BCUT2D eigenvalue weighted by atomic mass is 10.2. The number of sulfonamides is 1. The zero-order chi connectivity index (χ0) is 20.3. The number of anilines is 1. The SMILES string of the molecule is COC(=O)c1cc(Br)ccc1S(=O)(=O)Nc1ccc(C(=O)N2CCCC2)cc1. The Labute approximate surface area is 171 Å². The summed E-state index contributed by atoms with van der Waals surface area (Å²) in [5, 5.41) is 0. The maximum absolute atomic E-state index is 12.8. The highest BCUT2D eigenvalue weighted by Crippen LogP contribution is 2.24. The molecule has 9 heteroatoms. The van der Waals surface area contributed by atoms with Gasteiger partial charge in [-0.25, -0.2) is 13.2 Å². The van der Waals surface area contributed by atoms with Crippen molar-refractivity contribution in [1.82, 2.24) is 4.90 Å². The molecule has 1 aliphatic heterocycles. The topological polar surface area (TPSA) is 92.8 Å².